The highest BCUT2D eigenvalue weighted by atomic mass is 19.4. The van der Waals surface area contributed by atoms with Gasteiger partial charge in [0.1, 0.15) is 18.1 Å². The van der Waals surface area contributed by atoms with Crippen LogP contribution in [0.4, 0.5) is 26.3 Å². The Bertz CT molecular complexity index is 1130. The maximum Gasteiger partial charge on any atom is 0.411 e. The Morgan fingerprint density at radius 2 is 0.917 bits per heavy atom. The first-order chi connectivity index (χ1) is 21.7. The van der Waals surface area contributed by atoms with Crippen LogP contribution in [-0.4, -0.2) is 106 Å². The van der Waals surface area contributed by atoms with Crippen molar-refractivity contribution in [2.75, 3.05) is 0 Å². The first kappa shape index (κ1) is 44.3. The van der Waals surface area contributed by atoms with E-state index in [1.807, 2.05) is 0 Å². The standard InChI is InChI=1S/C28H45F6N5O9/c1-11(2)8-17(42)36-20(12(3)4)25(47)37-21(13(5)6)26(48)39-22(27(29,30)31)15(40)9-18(43)35-14(7)24(46)38-23(28(32,33)34)16(41)10-19(44)45/h11-16,20-23,40-41H,8-10H2,1-7H3,(H,35,43)(H,36,42)(H,37,47)(H,38,46)(H,39,48)(H,44,45)/t14-,15-,16-,20-,21-,22-,23-/m0/s1. The molecule has 20 heteroatoms. The van der Waals surface area contributed by atoms with E-state index in [-0.39, 0.29) is 12.3 Å². The van der Waals surface area contributed by atoms with Crippen LogP contribution in [0.25, 0.3) is 0 Å². The summed E-state index contributed by atoms with van der Waals surface area (Å²) in [4.78, 5) is 73.5. The van der Waals surface area contributed by atoms with Crippen LogP contribution in [0.1, 0.15) is 67.7 Å². The van der Waals surface area contributed by atoms with Crippen LogP contribution >= 0.6 is 0 Å². The minimum atomic E-state index is -5.37. The lowest BCUT2D eigenvalue weighted by molar-refractivity contribution is -0.184. The number of carbonyl (C=O) groups is 6. The van der Waals surface area contributed by atoms with E-state index in [0.717, 1.165) is 6.92 Å². The zero-order chi connectivity index (χ0) is 37.9. The van der Waals surface area contributed by atoms with Crippen LogP contribution in [0.15, 0.2) is 0 Å². The third-order valence-electron chi connectivity index (χ3n) is 6.73. The Morgan fingerprint density at radius 1 is 0.542 bits per heavy atom. The van der Waals surface area contributed by atoms with Gasteiger partial charge in [0.05, 0.1) is 25.0 Å². The van der Waals surface area contributed by atoms with Gasteiger partial charge in [0, 0.05) is 6.42 Å². The smallest absolute Gasteiger partial charge is 0.411 e. The second-order valence-electron chi connectivity index (χ2n) is 12.4. The van der Waals surface area contributed by atoms with Crippen LogP contribution in [0.2, 0.25) is 0 Å². The molecule has 0 bridgehead atoms. The molecule has 14 nitrogen and oxygen atoms in total. The predicted octanol–water partition coefficient (Wildman–Crippen LogP) is 0.500. The molecule has 0 aromatic rings. The fourth-order valence-electron chi connectivity index (χ4n) is 4.20. The van der Waals surface area contributed by atoms with Crippen LogP contribution in [0.3, 0.4) is 0 Å². The zero-order valence-electron chi connectivity index (χ0n) is 27.5. The van der Waals surface area contributed by atoms with E-state index in [9.17, 15) is 65.3 Å². The molecule has 278 valence electrons. The molecule has 0 fully saturated rings. The molecule has 0 radical (unpaired) electrons. The molecule has 0 aliphatic rings. The first-order valence-electron chi connectivity index (χ1n) is 14.9. The van der Waals surface area contributed by atoms with Crippen molar-refractivity contribution in [3.05, 3.63) is 0 Å². The van der Waals surface area contributed by atoms with Crippen LogP contribution in [0.5, 0.6) is 0 Å². The summed E-state index contributed by atoms with van der Waals surface area (Å²) >= 11 is 0. The summed E-state index contributed by atoms with van der Waals surface area (Å²) in [7, 11) is 0. The van der Waals surface area contributed by atoms with Crippen molar-refractivity contribution in [3.63, 3.8) is 0 Å². The largest absolute Gasteiger partial charge is 0.481 e. The Morgan fingerprint density at radius 3 is 1.31 bits per heavy atom. The zero-order valence-corrected chi connectivity index (χ0v) is 27.5. The number of amides is 5. The summed E-state index contributed by atoms with van der Waals surface area (Å²) in [6, 6.07) is -10.8. The monoisotopic (exact) mass is 709 g/mol. The van der Waals surface area contributed by atoms with E-state index < -0.39 is 115 Å². The van der Waals surface area contributed by atoms with Gasteiger partial charge >= 0.3 is 18.3 Å². The molecular formula is C28H45F6N5O9. The van der Waals surface area contributed by atoms with Gasteiger partial charge in [-0.1, -0.05) is 41.5 Å². The maximum atomic E-state index is 13.9. The highest BCUT2D eigenvalue weighted by Gasteiger charge is 2.48. The molecule has 7 atom stereocenters. The maximum absolute atomic E-state index is 13.9. The number of aliphatic hydroxyl groups excluding tert-OH is 2. The van der Waals surface area contributed by atoms with E-state index in [4.69, 9.17) is 5.11 Å². The van der Waals surface area contributed by atoms with Crippen molar-refractivity contribution in [2.24, 2.45) is 17.8 Å². The third kappa shape index (κ3) is 15.5. The highest BCUT2D eigenvalue weighted by molar-refractivity contribution is 5.92. The van der Waals surface area contributed by atoms with Gasteiger partial charge in [-0.15, -0.1) is 0 Å². The van der Waals surface area contributed by atoms with Gasteiger partial charge in [0.2, 0.25) is 29.5 Å². The fourth-order valence-corrected chi connectivity index (χ4v) is 4.20. The second kappa shape index (κ2) is 18.8. The quantitative estimate of drug-likeness (QED) is 0.0927. The molecule has 0 rings (SSSR count). The van der Waals surface area contributed by atoms with Gasteiger partial charge < -0.3 is 41.9 Å². The summed E-state index contributed by atoms with van der Waals surface area (Å²) in [5.41, 5.74) is 0. The number of rotatable bonds is 18. The number of alkyl halides is 6. The number of nitrogens with one attached hydrogen (secondary N) is 5. The molecule has 0 unspecified atom stereocenters. The van der Waals surface area contributed by atoms with E-state index in [1.165, 1.54) is 19.2 Å². The van der Waals surface area contributed by atoms with Crippen LogP contribution in [-0.2, 0) is 28.8 Å². The number of halogens is 6. The van der Waals surface area contributed by atoms with Crippen LogP contribution in [0, 0.1) is 17.8 Å². The van der Waals surface area contributed by atoms with Crippen molar-refractivity contribution in [1.29, 1.82) is 0 Å². The molecule has 0 spiro atoms. The molecular weight excluding hydrogens is 664 g/mol. The molecule has 8 N–H and O–H groups in total. The van der Waals surface area contributed by atoms with E-state index in [2.05, 4.69) is 10.6 Å². The Balaban J connectivity index is 5.71. The number of carbonyl (C=O) groups excluding carboxylic acids is 5. The second-order valence-corrected chi connectivity index (χ2v) is 12.4. The van der Waals surface area contributed by atoms with Gasteiger partial charge in [-0.25, -0.2) is 0 Å². The number of hydrogen-bond donors (Lipinski definition) is 8. The third-order valence-corrected chi connectivity index (χ3v) is 6.73. The molecule has 0 saturated heterocycles. The van der Waals surface area contributed by atoms with E-state index in [1.54, 1.807) is 38.3 Å². The molecule has 0 aliphatic carbocycles. The minimum absolute atomic E-state index is 0.0468. The summed E-state index contributed by atoms with van der Waals surface area (Å²) in [6.07, 6.45) is -18.7. The number of hydrogen-bond acceptors (Lipinski definition) is 8. The summed E-state index contributed by atoms with van der Waals surface area (Å²) < 4.78 is 81.5. The SMILES string of the molecule is CC(C)CC(=O)N[C@H](C(=O)N[C@H](C(=O)N[C@@H]([C@@H](O)CC(=O)N[C@@H](C)C(=O)N[C@@H]([C@@H](O)CC(=O)O)C(F)(F)F)C(F)(F)F)C(C)C)C(C)C. The molecule has 0 aliphatic heterocycles. The fraction of sp³-hybridized carbons (Fsp3) is 0.786. The highest BCUT2D eigenvalue weighted by Crippen LogP contribution is 2.26. The molecule has 48 heavy (non-hydrogen) atoms. The molecule has 0 saturated carbocycles. The lowest BCUT2D eigenvalue weighted by Gasteiger charge is -2.31. The Kier molecular flexibility index (Phi) is 17.3. The Labute approximate surface area is 273 Å². The van der Waals surface area contributed by atoms with Gasteiger partial charge in [0.15, 0.2) is 12.1 Å². The summed E-state index contributed by atoms with van der Waals surface area (Å²) in [6.45, 7) is 10.3. The van der Waals surface area contributed by atoms with Crippen molar-refractivity contribution in [1.82, 2.24) is 26.6 Å². The number of aliphatic hydroxyl groups is 2. The number of carboxylic acids is 1. The van der Waals surface area contributed by atoms with Gasteiger partial charge in [-0.05, 0) is 24.7 Å². The van der Waals surface area contributed by atoms with Crippen molar-refractivity contribution < 1.29 is 70.4 Å². The average Bonchev–Trinajstić information content (AvgIpc) is 2.88. The minimum Gasteiger partial charge on any atom is -0.481 e. The Hall–Kier alpha value is -3.68. The molecule has 0 heterocycles. The van der Waals surface area contributed by atoms with E-state index >= 15 is 0 Å². The predicted molar refractivity (Wildman–Crippen MR) is 155 cm³/mol. The van der Waals surface area contributed by atoms with Gasteiger partial charge in [0.25, 0.3) is 0 Å². The topological polar surface area (TPSA) is 223 Å². The molecule has 5 amide bonds. The summed E-state index contributed by atoms with van der Waals surface area (Å²) in [5, 5.41) is 38.0. The normalized spacial score (nSPS) is 16.6. The van der Waals surface area contributed by atoms with E-state index in [0.29, 0.717) is 0 Å². The lowest BCUT2D eigenvalue weighted by atomic mass is 9.98. The average molecular weight is 710 g/mol. The molecule has 0 aromatic heterocycles. The molecule has 0 aromatic carbocycles. The number of carboxylic acid groups (broad SMARTS) is 1. The van der Waals surface area contributed by atoms with Gasteiger partial charge in [-0.3, -0.25) is 28.8 Å². The van der Waals surface area contributed by atoms with Crippen molar-refractivity contribution >= 4 is 35.5 Å². The lowest BCUT2D eigenvalue weighted by Crippen LogP contribution is -2.61. The van der Waals surface area contributed by atoms with Gasteiger partial charge in [-0.2, -0.15) is 26.3 Å². The first-order valence-corrected chi connectivity index (χ1v) is 14.9. The van der Waals surface area contributed by atoms with Crippen molar-refractivity contribution in [2.45, 2.75) is 122 Å². The summed E-state index contributed by atoms with van der Waals surface area (Å²) in [5.74, 6) is -8.96. The number of aliphatic carboxylic acids is 1. The van der Waals surface area contributed by atoms with Crippen molar-refractivity contribution in [3.8, 4) is 0 Å². The van der Waals surface area contributed by atoms with Crippen LogP contribution < -0.4 is 26.6 Å².